The molecule has 0 radical (unpaired) electrons. The van der Waals surface area contributed by atoms with Crippen molar-refractivity contribution in [3.05, 3.63) is 78.4 Å². The zero-order chi connectivity index (χ0) is 21.2. The van der Waals surface area contributed by atoms with Gasteiger partial charge in [0.1, 0.15) is 23.2 Å². The molecule has 0 spiro atoms. The second-order valence-corrected chi connectivity index (χ2v) is 7.96. The van der Waals surface area contributed by atoms with Crippen LogP contribution >= 0.6 is 0 Å². The molecule has 0 unspecified atom stereocenters. The van der Waals surface area contributed by atoms with Crippen molar-refractivity contribution in [3.63, 3.8) is 0 Å². The van der Waals surface area contributed by atoms with Gasteiger partial charge in [-0.1, -0.05) is 60.7 Å². The molecular formula is C27H23N3O. The zero-order valence-electron chi connectivity index (χ0n) is 17.3. The van der Waals surface area contributed by atoms with E-state index in [4.69, 9.17) is 4.98 Å². The van der Waals surface area contributed by atoms with Gasteiger partial charge in [0.2, 0.25) is 0 Å². The van der Waals surface area contributed by atoms with Gasteiger partial charge in [0.15, 0.2) is 0 Å². The molecule has 4 aromatic rings. The number of phenols is 1. The first-order valence-corrected chi connectivity index (χ1v) is 10.7. The molecule has 0 aliphatic carbocycles. The average molecular weight is 406 g/mol. The Labute approximate surface area is 182 Å². The van der Waals surface area contributed by atoms with Crippen molar-refractivity contribution in [3.8, 4) is 34.2 Å². The summed E-state index contributed by atoms with van der Waals surface area (Å²) in [7, 11) is 0. The van der Waals surface area contributed by atoms with E-state index in [-0.39, 0.29) is 5.75 Å². The van der Waals surface area contributed by atoms with E-state index in [0.29, 0.717) is 16.9 Å². The molecule has 0 bridgehead atoms. The van der Waals surface area contributed by atoms with Crippen molar-refractivity contribution >= 4 is 16.6 Å². The minimum Gasteiger partial charge on any atom is -0.507 e. The van der Waals surface area contributed by atoms with Crippen molar-refractivity contribution in [2.45, 2.75) is 19.3 Å². The SMILES string of the molecule is N#Cc1c(-c2c(O)ccc3ccccc23)cc(-c2ccccc2)nc1N1CCCCC1. The summed E-state index contributed by atoms with van der Waals surface area (Å²) in [4.78, 5) is 7.18. The molecule has 1 fully saturated rings. The minimum atomic E-state index is 0.171. The Morgan fingerprint density at radius 1 is 0.871 bits per heavy atom. The third kappa shape index (κ3) is 3.49. The molecule has 5 rings (SSSR count). The predicted molar refractivity (Wildman–Crippen MR) is 125 cm³/mol. The van der Waals surface area contributed by atoms with Crippen LogP contribution in [-0.4, -0.2) is 23.2 Å². The first-order chi connectivity index (χ1) is 15.3. The lowest BCUT2D eigenvalue weighted by molar-refractivity contribution is 0.478. The van der Waals surface area contributed by atoms with Gasteiger partial charge >= 0.3 is 0 Å². The van der Waals surface area contributed by atoms with Gasteiger partial charge in [-0.05, 0) is 42.2 Å². The van der Waals surface area contributed by atoms with Crippen molar-refractivity contribution in [2.75, 3.05) is 18.0 Å². The molecule has 1 aromatic heterocycles. The van der Waals surface area contributed by atoms with E-state index in [9.17, 15) is 10.4 Å². The van der Waals surface area contributed by atoms with Crippen LogP contribution in [0.2, 0.25) is 0 Å². The highest BCUT2D eigenvalue weighted by Crippen LogP contribution is 2.42. The van der Waals surface area contributed by atoms with Gasteiger partial charge in [-0.2, -0.15) is 5.26 Å². The van der Waals surface area contributed by atoms with Gasteiger partial charge in [-0.3, -0.25) is 0 Å². The average Bonchev–Trinajstić information content (AvgIpc) is 2.84. The molecule has 4 heteroatoms. The highest BCUT2D eigenvalue weighted by Gasteiger charge is 2.23. The molecule has 31 heavy (non-hydrogen) atoms. The number of pyridine rings is 1. The highest BCUT2D eigenvalue weighted by molar-refractivity contribution is 6.02. The standard InChI is InChI=1S/C27H23N3O/c28-18-23-22(26-21-12-6-5-9-19(21)13-14-25(26)31)17-24(20-10-3-1-4-11-20)29-27(23)30-15-7-2-8-16-30/h1,3-6,9-14,17,31H,2,7-8,15-16H2. The number of phenolic OH excluding ortho intramolecular Hbond substituents is 1. The predicted octanol–water partition coefficient (Wildman–Crippen LogP) is 6.14. The van der Waals surface area contributed by atoms with E-state index in [1.54, 1.807) is 6.07 Å². The Bertz CT molecular complexity index is 1290. The number of hydrogen-bond donors (Lipinski definition) is 1. The van der Waals surface area contributed by atoms with E-state index in [2.05, 4.69) is 11.0 Å². The number of hydrogen-bond acceptors (Lipinski definition) is 4. The monoisotopic (exact) mass is 405 g/mol. The van der Waals surface area contributed by atoms with Crippen molar-refractivity contribution < 1.29 is 5.11 Å². The number of aromatic nitrogens is 1. The lowest BCUT2D eigenvalue weighted by Crippen LogP contribution is -2.31. The molecule has 1 aliphatic heterocycles. The maximum atomic E-state index is 10.9. The molecule has 0 amide bonds. The Morgan fingerprint density at radius 2 is 1.61 bits per heavy atom. The van der Waals surface area contributed by atoms with Gasteiger partial charge in [-0.25, -0.2) is 4.98 Å². The van der Waals surface area contributed by atoms with E-state index in [0.717, 1.165) is 53.5 Å². The number of benzene rings is 3. The minimum absolute atomic E-state index is 0.171. The molecule has 1 aliphatic rings. The van der Waals surface area contributed by atoms with Crippen molar-refractivity contribution in [1.29, 1.82) is 5.26 Å². The van der Waals surface area contributed by atoms with Gasteiger partial charge in [0.25, 0.3) is 0 Å². The van der Waals surface area contributed by atoms with Crippen LogP contribution in [0.4, 0.5) is 5.82 Å². The second kappa shape index (κ2) is 8.12. The van der Waals surface area contributed by atoms with Gasteiger partial charge in [0.05, 0.1) is 5.69 Å². The van der Waals surface area contributed by atoms with Gasteiger partial charge in [-0.15, -0.1) is 0 Å². The van der Waals surface area contributed by atoms with Crippen LogP contribution in [0.5, 0.6) is 5.75 Å². The molecule has 2 heterocycles. The van der Waals surface area contributed by atoms with Crippen LogP contribution in [0.15, 0.2) is 72.8 Å². The lowest BCUT2D eigenvalue weighted by atomic mass is 9.92. The number of piperidine rings is 1. The summed E-state index contributed by atoms with van der Waals surface area (Å²) in [6.07, 6.45) is 3.39. The molecule has 1 N–H and O–H groups in total. The molecule has 152 valence electrons. The number of nitriles is 1. The van der Waals surface area contributed by atoms with Crippen LogP contribution in [0, 0.1) is 11.3 Å². The van der Waals surface area contributed by atoms with Crippen LogP contribution in [-0.2, 0) is 0 Å². The number of rotatable bonds is 3. The second-order valence-electron chi connectivity index (χ2n) is 7.96. The fourth-order valence-electron chi connectivity index (χ4n) is 4.47. The molecule has 0 atom stereocenters. The van der Waals surface area contributed by atoms with Crippen LogP contribution in [0.3, 0.4) is 0 Å². The molecule has 1 saturated heterocycles. The van der Waals surface area contributed by atoms with Crippen LogP contribution in [0.1, 0.15) is 24.8 Å². The maximum Gasteiger partial charge on any atom is 0.147 e. The number of aromatic hydroxyl groups is 1. The van der Waals surface area contributed by atoms with Gasteiger partial charge < -0.3 is 10.0 Å². The topological polar surface area (TPSA) is 60.1 Å². The lowest BCUT2D eigenvalue weighted by Gasteiger charge is -2.29. The summed E-state index contributed by atoms with van der Waals surface area (Å²) in [6.45, 7) is 1.78. The fraction of sp³-hybridized carbons (Fsp3) is 0.185. The first kappa shape index (κ1) is 19.1. The molecule has 0 saturated carbocycles. The summed E-state index contributed by atoms with van der Waals surface area (Å²) in [5.41, 5.74) is 3.74. The fourth-order valence-corrected chi connectivity index (χ4v) is 4.47. The quantitative estimate of drug-likeness (QED) is 0.445. The largest absolute Gasteiger partial charge is 0.507 e. The number of anilines is 1. The van der Waals surface area contributed by atoms with E-state index < -0.39 is 0 Å². The van der Waals surface area contributed by atoms with Gasteiger partial charge in [0, 0.05) is 29.8 Å². The van der Waals surface area contributed by atoms with Crippen molar-refractivity contribution in [1.82, 2.24) is 4.98 Å². The number of fused-ring (bicyclic) bond motifs is 1. The van der Waals surface area contributed by atoms with E-state index in [1.807, 2.05) is 66.7 Å². The Morgan fingerprint density at radius 3 is 2.39 bits per heavy atom. The van der Waals surface area contributed by atoms with E-state index in [1.165, 1.54) is 6.42 Å². The molecule has 4 nitrogen and oxygen atoms in total. The van der Waals surface area contributed by atoms with Crippen molar-refractivity contribution in [2.24, 2.45) is 0 Å². The van der Waals surface area contributed by atoms with Crippen LogP contribution in [0.25, 0.3) is 33.2 Å². The zero-order valence-corrected chi connectivity index (χ0v) is 17.3. The van der Waals surface area contributed by atoms with Crippen LogP contribution < -0.4 is 4.90 Å². The highest BCUT2D eigenvalue weighted by atomic mass is 16.3. The molecular weight excluding hydrogens is 382 g/mol. The Balaban J connectivity index is 1.83. The third-order valence-electron chi connectivity index (χ3n) is 6.01. The number of nitrogens with zero attached hydrogens (tertiary/aromatic N) is 3. The Kier molecular flexibility index (Phi) is 5.01. The summed E-state index contributed by atoms with van der Waals surface area (Å²) in [5.74, 6) is 0.885. The third-order valence-corrected chi connectivity index (χ3v) is 6.01. The first-order valence-electron chi connectivity index (χ1n) is 10.7. The summed E-state index contributed by atoms with van der Waals surface area (Å²) >= 11 is 0. The Hall–Kier alpha value is -3.84. The smallest absolute Gasteiger partial charge is 0.147 e. The molecule has 3 aromatic carbocycles. The summed E-state index contributed by atoms with van der Waals surface area (Å²) in [6, 6.07) is 26.0. The van der Waals surface area contributed by atoms with E-state index >= 15 is 0 Å². The maximum absolute atomic E-state index is 10.9. The summed E-state index contributed by atoms with van der Waals surface area (Å²) in [5, 5.41) is 23.1. The normalized spacial score (nSPS) is 13.8. The summed E-state index contributed by atoms with van der Waals surface area (Å²) < 4.78 is 0.